The fraction of sp³-hybridized carbons (Fsp3) is 0.364. The maximum absolute atomic E-state index is 12.7. The van der Waals surface area contributed by atoms with Gasteiger partial charge in [0, 0.05) is 11.4 Å². The van der Waals surface area contributed by atoms with E-state index in [1.54, 1.807) is 12.1 Å². The Morgan fingerprint density at radius 2 is 1.47 bits per heavy atom. The number of rotatable bonds is 6. The zero-order valence-electron chi connectivity index (χ0n) is 17.0. The Bertz CT molecular complexity index is 1030. The fourth-order valence-corrected chi connectivity index (χ4v) is 4.98. The lowest BCUT2D eigenvalue weighted by Crippen LogP contribution is -2.36. The van der Waals surface area contributed by atoms with E-state index >= 15 is 0 Å². The van der Waals surface area contributed by atoms with E-state index in [4.69, 9.17) is 0 Å². The maximum Gasteiger partial charge on any atom is 0.307 e. The third-order valence-corrected chi connectivity index (χ3v) is 6.72. The van der Waals surface area contributed by atoms with Crippen LogP contribution in [0.1, 0.15) is 36.8 Å². The van der Waals surface area contributed by atoms with E-state index in [0.717, 1.165) is 24.0 Å². The molecule has 7 nitrogen and oxygen atoms in total. The molecule has 0 aliphatic heterocycles. The molecular formula is C22H26N2O5S. The highest BCUT2D eigenvalue weighted by molar-refractivity contribution is 7.92. The van der Waals surface area contributed by atoms with Crippen molar-refractivity contribution in [3.63, 3.8) is 0 Å². The second kappa shape index (κ2) is 8.87. The van der Waals surface area contributed by atoms with E-state index in [0.29, 0.717) is 24.2 Å². The van der Waals surface area contributed by atoms with Crippen LogP contribution in [-0.4, -0.2) is 25.4 Å². The molecule has 0 radical (unpaired) electrons. The van der Waals surface area contributed by atoms with Gasteiger partial charge in [-0.25, -0.2) is 8.42 Å². The summed E-state index contributed by atoms with van der Waals surface area (Å²) in [5.41, 5.74) is 2.82. The van der Waals surface area contributed by atoms with Gasteiger partial charge in [-0.3, -0.25) is 14.3 Å². The number of hydrogen-bond acceptors (Lipinski definition) is 4. The molecule has 30 heavy (non-hydrogen) atoms. The molecule has 3 rings (SSSR count). The van der Waals surface area contributed by atoms with E-state index in [-0.39, 0.29) is 10.8 Å². The molecule has 0 unspecified atom stereocenters. The number of aryl methyl sites for hydroxylation is 2. The normalized spacial score (nSPS) is 19.1. The molecule has 2 aromatic rings. The molecule has 1 amide bonds. The van der Waals surface area contributed by atoms with E-state index in [1.807, 2.05) is 19.9 Å². The molecule has 1 fully saturated rings. The molecular weight excluding hydrogens is 404 g/mol. The van der Waals surface area contributed by atoms with Crippen molar-refractivity contribution in [2.24, 2.45) is 11.8 Å². The first-order valence-corrected chi connectivity index (χ1v) is 11.4. The highest BCUT2D eigenvalue weighted by Crippen LogP contribution is 2.31. The quantitative estimate of drug-likeness (QED) is 0.643. The van der Waals surface area contributed by atoms with Gasteiger partial charge in [0.2, 0.25) is 5.91 Å². The monoisotopic (exact) mass is 430 g/mol. The summed E-state index contributed by atoms with van der Waals surface area (Å²) in [4.78, 5) is 24.0. The average Bonchev–Trinajstić information content (AvgIpc) is 2.67. The zero-order valence-corrected chi connectivity index (χ0v) is 17.8. The van der Waals surface area contributed by atoms with Crippen LogP contribution in [0.25, 0.3) is 0 Å². The van der Waals surface area contributed by atoms with Gasteiger partial charge in [0.1, 0.15) is 0 Å². The Hall–Kier alpha value is -2.87. The number of amides is 1. The van der Waals surface area contributed by atoms with Crippen molar-refractivity contribution in [2.75, 3.05) is 10.0 Å². The summed E-state index contributed by atoms with van der Waals surface area (Å²) in [5.74, 6) is -2.55. The molecule has 1 saturated carbocycles. The minimum Gasteiger partial charge on any atom is -0.481 e. The highest BCUT2D eigenvalue weighted by atomic mass is 32.2. The highest BCUT2D eigenvalue weighted by Gasteiger charge is 2.35. The van der Waals surface area contributed by atoms with E-state index in [1.165, 1.54) is 24.3 Å². The molecule has 0 saturated heterocycles. The van der Waals surface area contributed by atoms with Crippen molar-refractivity contribution in [3.8, 4) is 0 Å². The predicted octanol–water partition coefficient (Wildman–Crippen LogP) is 3.93. The summed E-state index contributed by atoms with van der Waals surface area (Å²) in [7, 11) is -3.77. The summed E-state index contributed by atoms with van der Waals surface area (Å²) >= 11 is 0. The van der Waals surface area contributed by atoms with Crippen molar-refractivity contribution in [1.29, 1.82) is 0 Å². The van der Waals surface area contributed by atoms with Crippen LogP contribution in [0, 0.1) is 25.7 Å². The molecule has 1 aliphatic carbocycles. The SMILES string of the molecule is Cc1cc(C)cc(NS(=O)(=O)c2ccc(NC(=O)[C@H]3CCCC[C@@H]3C(=O)O)cc2)c1. The van der Waals surface area contributed by atoms with Crippen LogP contribution in [0.5, 0.6) is 0 Å². The number of carboxylic acid groups (broad SMARTS) is 1. The average molecular weight is 431 g/mol. The van der Waals surface area contributed by atoms with Crippen LogP contribution in [0.3, 0.4) is 0 Å². The first kappa shape index (κ1) is 21.8. The van der Waals surface area contributed by atoms with Gasteiger partial charge in [-0.05, 0) is 74.2 Å². The number of carbonyl (C=O) groups excluding carboxylic acids is 1. The summed E-state index contributed by atoms with van der Waals surface area (Å²) in [6.07, 6.45) is 2.66. The smallest absolute Gasteiger partial charge is 0.307 e. The first-order chi connectivity index (χ1) is 14.2. The molecule has 2 aromatic carbocycles. The summed E-state index contributed by atoms with van der Waals surface area (Å²) < 4.78 is 27.9. The van der Waals surface area contributed by atoms with Crippen LogP contribution >= 0.6 is 0 Å². The fourth-order valence-electron chi connectivity index (χ4n) is 3.94. The summed E-state index contributed by atoms with van der Waals surface area (Å²) in [6.45, 7) is 3.78. The molecule has 3 N–H and O–H groups in total. The van der Waals surface area contributed by atoms with Crippen LogP contribution in [-0.2, 0) is 19.6 Å². The van der Waals surface area contributed by atoms with Gasteiger partial charge >= 0.3 is 5.97 Å². The predicted molar refractivity (Wildman–Crippen MR) is 115 cm³/mol. The Balaban J connectivity index is 1.70. The minimum atomic E-state index is -3.77. The maximum atomic E-state index is 12.7. The third kappa shape index (κ3) is 5.18. The van der Waals surface area contributed by atoms with Crippen molar-refractivity contribution >= 4 is 33.3 Å². The topological polar surface area (TPSA) is 113 Å². The van der Waals surface area contributed by atoms with Gasteiger partial charge < -0.3 is 10.4 Å². The van der Waals surface area contributed by atoms with E-state index in [2.05, 4.69) is 10.0 Å². The Morgan fingerprint density at radius 1 is 0.900 bits per heavy atom. The first-order valence-electron chi connectivity index (χ1n) is 9.90. The zero-order chi connectivity index (χ0) is 21.9. The second-order valence-electron chi connectivity index (χ2n) is 7.83. The van der Waals surface area contributed by atoms with Crippen LogP contribution in [0.2, 0.25) is 0 Å². The molecule has 0 heterocycles. The lowest BCUT2D eigenvalue weighted by Gasteiger charge is -2.27. The van der Waals surface area contributed by atoms with E-state index < -0.39 is 27.8 Å². The molecule has 1 aliphatic rings. The van der Waals surface area contributed by atoms with Crippen LogP contribution in [0.15, 0.2) is 47.4 Å². The number of benzene rings is 2. The standard InChI is InChI=1S/C22H26N2O5S/c1-14-11-15(2)13-17(12-14)24-30(28,29)18-9-7-16(8-10-18)23-21(25)19-5-3-4-6-20(19)22(26)27/h7-13,19-20,24H,3-6H2,1-2H3,(H,23,25)(H,26,27)/t19-,20-/m0/s1. The number of nitrogens with one attached hydrogen (secondary N) is 2. The largest absolute Gasteiger partial charge is 0.481 e. The van der Waals surface area contributed by atoms with Gasteiger partial charge in [0.15, 0.2) is 0 Å². The molecule has 0 aromatic heterocycles. The molecule has 8 heteroatoms. The number of anilines is 2. The number of sulfonamides is 1. The lowest BCUT2D eigenvalue weighted by atomic mass is 9.78. The molecule has 160 valence electrons. The summed E-state index contributed by atoms with van der Waals surface area (Å²) in [5, 5.41) is 12.1. The van der Waals surface area contributed by atoms with Gasteiger partial charge in [0.05, 0.1) is 16.7 Å². The number of hydrogen-bond donors (Lipinski definition) is 3. The van der Waals surface area contributed by atoms with Crippen molar-refractivity contribution in [1.82, 2.24) is 0 Å². The summed E-state index contributed by atoms with van der Waals surface area (Å²) in [6, 6.07) is 11.3. The van der Waals surface area contributed by atoms with Crippen molar-refractivity contribution in [2.45, 2.75) is 44.4 Å². The molecule has 2 atom stereocenters. The Labute approximate surface area is 176 Å². The minimum absolute atomic E-state index is 0.0701. The molecule has 0 bridgehead atoms. The second-order valence-corrected chi connectivity index (χ2v) is 9.51. The van der Waals surface area contributed by atoms with Gasteiger partial charge in [-0.15, -0.1) is 0 Å². The van der Waals surface area contributed by atoms with Crippen molar-refractivity contribution < 1.29 is 23.1 Å². The van der Waals surface area contributed by atoms with Crippen LogP contribution in [0.4, 0.5) is 11.4 Å². The van der Waals surface area contributed by atoms with Gasteiger partial charge in [-0.1, -0.05) is 18.9 Å². The molecule has 0 spiro atoms. The third-order valence-electron chi connectivity index (χ3n) is 5.33. The lowest BCUT2D eigenvalue weighted by molar-refractivity contribution is -0.147. The number of aliphatic carboxylic acids is 1. The van der Waals surface area contributed by atoms with Gasteiger partial charge in [0.25, 0.3) is 10.0 Å². The Kier molecular flexibility index (Phi) is 6.45. The van der Waals surface area contributed by atoms with Crippen molar-refractivity contribution in [3.05, 3.63) is 53.6 Å². The van der Waals surface area contributed by atoms with Crippen LogP contribution < -0.4 is 10.0 Å². The van der Waals surface area contributed by atoms with Gasteiger partial charge in [-0.2, -0.15) is 0 Å². The van der Waals surface area contributed by atoms with E-state index in [9.17, 15) is 23.1 Å². The number of carboxylic acids is 1. The Morgan fingerprint density at radius 3 is 2.03 bits per heavy atom. The number of carbonyl (C=O) groups is 2.